The molecule has 0 saturated carbocycles. The Labute approximate surface area is 92.7 Å². The maximum Gasteiger partial charge on any atom is 0.0338 e. The third-order valence-electron chi connectivity index (χ3n) is 3.48. The molecule has 1 atom stereocenters. The number of nitrogens with zero attached hydrogens (tertiary/aromatic N) is 1. The molecule has 0 aromatic carbocycles. The Hall–Kier alpha value is -0.760. The van der Waals surface area contributed by atoms with Crippen LogP contribution in [0.3, 0.4) is 0 Å². The smallest absolute Gasteiger partial charge is 0.0338 e. The maximum atomic E-state index is 3.58. The predicted molar refractivity (Wildman–Crippen MR) is 64.3 cm³/mol. The quantitative estimate of drug-likeness (QED) is 0.786. The van der Waals surface area contributed by atoms with E-state index in [-0.39, 0.29) is 0 Å². The fourth-order valence-electron chi connectivity index (χ4n) is 2.90. The van der Waals surface area contributed by atoms with Crippen molar-refractivity contribution in [2.75, 3.05) is 6.54 Å². The molecular formula is C13H22N2. The molecule has 1 unspecified atom stereocenters. The number of aryl methyl sites for hydroxylation is 1. The van der Waals surface area contributed by atoms with E-state index in [1.165, 1.54) is 36.3 Å². The molecule has 2 rings (SSSR count). The van der Waals surface area contributed by atoms with Gasteiger partial charge < -0.3 is 9.88 Å². The third kappa shape index (κ3) is 1.83. The molecule has 2 heteroatoms. The van der Waals surface area contributed by atoms with Crippen LogP contribution < -0.4 is 5.32 Å². The number of hydrogen-bond donors (Lipinski definition) is 1. The lowest BCUT2D eigenvalue weighted by atomic mass is 10.1. The minimum absolute atomic E-state index is 0.570. The Kier molecular flexibility index (Phi) is 2.87. The zero-order valence-electron chi connectivity index (χ0n) is 10.3. The van der Waals surface area contributed by atoms with Crippen molar-refractivity contribution in [3.63, 3.8) is 0 Å². The lowest BCUT2D eigenvalue weighted by Gasteiger charge is -2.15. The summed E-state index contributed by atoms with van der Waals surface area (Å²) in [5.74, 6) is 0. The Morgan fingerprint density at radius 1 is 1.40 bits per heavy atom. The van der Waals surface area contributed by atoms with Crippen molar-refractivity contribution in [2.45, 2.75) is 52.6 Å². The molecule has 1 saturated heterocycles. The van der Waals surface area contributed by atoms with Crippen LogP contribution in [0.4, 0.5) is 0 Å². The topological polar surface area (TPSA) is 17.0 Å². The molecule has 1 aromatic heterocycles. The Balaban J connectivity index is 2.36. The second-order valence-electron chi connectivity index (χ2n) is 4.94. The van der Waals surface area contributed by atoms with Crippen LogP contribution in [-0.4, -0.2) is 11.1 Å². The Morgan fingerprint density at radius 2 is 2.13 bits per heavy atom. The van der Waals surface area contributed by atoms with E-state index in [2.05, 4.69) is 43.6 Å². The summed E-state index contributed by atoms with van der Waals surface area (Å²) in [5, 5.41) is 3.58. The normalized spacial score (nSPS) is 21.5. The van der Waals surface area contributed by atoms with Crippen LogP contribution in [0.2, 0.25) is 0 Å². The van der Waals surface area contributed by atoms with Gasteiger partial charge in [0.1, 0.15) is 0 Å². The van der Waals surface area contributed by atoms with Gasteiger partial charge in [0, 0.05) is 23.5 Å². The van der Waals surface area contributed by atoms with E-state index in [0.29, 0.717) is 12.1 Å². The average molecular weight is 206 g/mol. The molecule has 15 heavy (non-hydrogen) atoms. The average Bonchev–Trinajstić information content (AvgIpc) is 2.72. The van der Waals surface area contributed by atoms with E-state index in [9.17, 15) is 0 Å². The van der Waals surface area contributed by atoms with Gasteiger partial charge in [-0.05, 0) is 58.7 Å². The van der Waals surface area contributed by atoms with Crippen LogP contribution in [0.5, 0.6) is 0 Å². The molecule has 2 heterocycles. The second kappa shape index (κ2) is 4.01. The number of nitrogens with one attached hydrogen (secondary N) is 1. The first kappa shape index (κ1) is 10.7. The van der Waals surface area contributed by atoms with Crippen LogP contribution in [0.25, 0.3) is 0 Å². The molecule has 0 radical (unpaired) electrons. The lowest BCUT2D eigenvalue weighted by molar-refractivity contribution is 0.565. The summed E-state index contributed by atoms with van der Waals surface area (Å²) in [4.78, 5) is 0. The number of hydrogen-bond acceptors (Lipinski definition) is 1. The van der Waals surface area contributed by atoms with Gasteiger partial charge >= 0.3 is 0 Å². The van der Waals surface area contributed by atoms with Gasteiger partial charge in [0.25, 0.3) is 0 Å². The van der Waals surface area contributed by atoms with Crippen molar-refractivity contribution >= 4 is 0 Å². The van der Waals surface area contributed by atoms with E-state index in [4.69, 9.17) is 0 Å². The van der Waals surface area contributed by atoms with Gasteiger partial charge in [0.05, 0.1) is 0 Å². The van der Waals surface area contributed by atoms with Crippen LogP contribution >= 0.6 is 0 Å². The fourth-order valence-corrected chi connectivity index (χ4v) is 2.90. The standard InChI is InChI=1S/C13H22N2/c1-9(2)15-10(3)8-12(11(15)4)13-6-5-7-14-13/h8-9,13-14H,5-7H2,1-4H3. The van der Waals surface area contributed by atoms with Gasteiger partial charge in [-0.25, -0.2) is 0 Å². The summed E-state index contributed by atoms with van der Waals surface area (Å²) in [6, 6.07) is 3.53. The Bertz CT molecular complexity index is 344. The third-order valence-corrected chi connectivity index (χ3v) is 3.48. The largest absolute Gasteiger partial charge is 0.346 e. The van der Waals surface area contributed by atoms with Crippen LogP contribution in [0, 0.1) is 13.8 Å². The van der Waals surface area contributed by atoms with Gasteiger partial charge in [-0.15, -0.1) is 0 Å². The highest BCUT2D eigenvalue weighted by molar-refractivity contribution is 5.30. The van der Waals surface area contributed by atoms with Gasteiger partial charge in [-0.2, -0.15) is 0 Å². The van der Waals surface area contributed by atoms with Gasteiger partial charge in [0.15, 0.2) is 0 Å². The van der Waals surface area contributed by atoms with E-state index in [1.807, 2.05) is 0 Å². The zero-order valence-corrected chi connectivity index (χ0v) is 10.3. The molecule has 0 spiro atoms. The fraction of sp³-hybridized carbons (Fsp3) is 0.692. The van der Waals surface area contributed by atoms with Crippen molar-refractivity contribution in [1.29, 1.82) is 0 Å². The van der Waals surface area contributed by atoms with E-state index in [0.717, 1.165) is 0 Å². The second-order valence-corrected chi connectivity index (χ2v) is 4.94. The van der Waals surface area contributed by atoms with Crippen LogP contribution in [0.1, 0.15) is 55.7 Å². The van der Waals surface area contributed by atoms with E-state index in [1.54, 1.807) is 0 Å². The molecular weight excluding hydrogens is 184 g/mol. The number of aromatic nitrogens is 1. The number of rotatable bonds is 2. The summed E-state index contributed by atoms with van der Waals surface area (Å²) in [5.41, 5.74) is 4.35. The first-order valence-electron chi connectivity index (χ1n) is 6.03. The molecule has 1 aliphatic heterocycles. The van der Waals surface area contributed by atoms with Crippen molar-refractivity contribution in [3.05, 3.63) is 23.0 Å². The first-order chi connectivity index (χ1) is 7.11. The highest BCUT2D eigenvalue weighted by atomic mass is 15.0. The van der Waals surface area contributed by atoms with Gasteiger partial charge in [-0.1, -0.05) is 0 Å². The molecule has 1 aliphatic rings. The summed E-state index contributed by atoms with van der Waals surface area (Å²) in [6.07, 6.45) is 2.61. The minimum atomic E-state index is 0.570. The highest BCUT2D eigenvalue weighted by Gasteiger charge is 2.21. The molecule has 84 valence electrons. The molecule has 1 N–H and O–H groups in total. The Morgan fingerprint density at radius 3 is 2.60 bits per heavy atom. The SMILES string of the molecule is Cc1cc(C2CCCN2)c(C)n1C(C)C. The van der Waals surface area contributed by atoms with Crippen molar-refractivity contribution in [1.82, 2.24) is 9.88 Å². The maximum absolute atomic E-state index is 3.58. The summed E-state index contributed by atoms with van der Waals surface area (Å²) >= 11 is 0. The van der Waals surface area contributed by atoms with Crippen molar-refractivity contribution in [2.24, 2.45) is 0 Å². The molecule has 1 aromatic rings. The minimum Gasteiger partial charge on any atom is -0.346 e. The lowest BCUT2D eigenvalue weighted by Crippen LogP contribution is -2.14. The molecule has 0 amide bonds. The first-order valence-corrected chi connectivity index (χ1v) is 6.03. The highest BCUT2D eigenvalue weighted by Crippen LogP contribution is 2.29. The van der Waals surface area contributed by atoms with Crippen molar-refractivity contribution < 1.29 is 0 Å². The monoisotopic (exact) mass is 206 g/mol. The van der Waals surface area contributed by atoms with Gasteiger partial charge in [-0.3, -0.25) is 0 Å². The molecule has 0 aliphatic carbocycles. The predicted octanol–water partition coefficient (Wildman–Crippen LogP) is 3.11. The zero-order chi connectivity index (χ0) is 11.0. The van der Waals surface area contributed by atoms with Crippen LogP contribution in [-0.2, 0) is 0 Å². The van der Waals surface area contributed by atoms with Crippen molar-refractivity contribution in [3.8, 4) is 0 Å². The summed E-state index contributed by atoms with van der Waals surface area (Å²) in [7, 11) is 0. The van der Waals surface area contributed by atoms with E-state index >= 15 is 0 Å². The summed E-state index contributed by atoms with van der Waals surface area (Å²) < 4.78 is 2.44. The van der Waals surface area contributed by atoms with E-state index < -0.39 is 0 Å². The summed E-state index contributed by atoms with van der Waals surface area (Å²) in [6.45, 7) is 10.2. The molecule has 1 fully saturated rings. The molecule has 0 bridgehead atoms. The van der Waals surface area contributed by atoms with Gasteiger partial charge in [0.2, 0.25) is 0 Å². The van der Waals surface area contributed by atoms with Crippen LogP contribution in [0.15, 0.2) is 6.07 Å². The molecule has 2 nitrogen and oxygen atoms in total.